The highest BCUT2D eigenvalue weighted by atomic mass is 16.3. The molecule has 4 nitrogen and oxygen atoms in total. The summed E-state index contributed by atoms with van der Waals surface area (Å²) >= 11 is 0. The van der Waals surface area contributed by atoms with Crippen molar-refractivity contribution in [2.75, 3.05) is 13.1 Å². The summed E-state index contributed by atoms with van der Waals surface area (Å²) in [5, 5.41) is 17.6. The fourth-order valence-corrected chi connectivity index (χ4v) is 4.06. The standard InChI is InChI=1S/C23H27N3O/c27-22-9-5-4-8-21(22)17-26-14-12-19(13-15-26)23-20(16-24-25-23)11-10-18-6-2-1-3-7-18/h1-9,16,19,27H,10-15,17H2,(H,24,25). The lowest BCUT2D eigenvalue weighted by Crippen LogP contribution is -2.32. The van der Waals surface area contributed by atoms with Crippen LogP contribution in [-0.4, -0.2) is 33.3 Å². The lowest BCUT2D eigenvalue weighted by atomic mass is 9.89. The van der Waals surface area contributed by atoms with Gasteiger partial charge in [0, 0.05) is 23.7 Å². The van der Waals surface area contributed by atoms with Gasteiger partial charge in [0.1, 0.15) is 5.75 Å². The van der Waals surface area contributed by atoms with Gasteiger partial charge < -0.3 is 5.11 Å². The van der Waals surface area contributed by atoms with Crippen molar-refractivity contribution in [3.63, 3.8) is 0 Å². The number of H-pyrrole nitrogens is 1. The van der Waals surface area contributed by atoms with Gasteiger partial charge in [0.15, 0.2) is 0 Å². The summed E-state index contributed by atoms with van der Waals surface area (Å²) in [5.74, 6) is 0.954. The van der Waals surface area contributed by atoms with Crippen LogP contribution in [0.5, 0.6) is 5.75 Å². The molecule has 27 heavy (non-hydrogen) atoms. The van der Waals surface area contributed by atoms with Crippen LogP contribution in [0.3, 0.4) is 0 Å². The Morgan fingerprint density at radius 1 is 0.926 bits per heavy atom. The highest BCUT2D eigenvalue weighted by molar-refractivity contribution is 5.31. The monoisotopic (exact) mass is 361 g/mol. The van der Waals surface area contributed by atoms with Crippen LogP contribution in [0.4, 0.5) is 0 Å². The Hall–Kier alpha value is -2.59. The topological polar surface area (TPSA) is 52.1 Å². The zero-order valence-corrected chi connectivity index (χ0v) is 15.6. The van der Waals surface area contributed by atoms with Crippen molar-refractivity contribution in [3.8, 4) is 5.75 Å². The van der Waals surface area contributed by atoms with Crippen molar-refractivity contribution in [3.05, 3.63) is 83.2 Å². The van der Waals surface area contributed by atoms with Crippen LogP contribution in [-0.2, 0) is 19.4 Å². The molecular weight excluding hydrogens is 334 g/mol. The third kappa shape index (κ3) is 4.40. The summed E-state index contributed by atoms with van der Waals surface area (Å²) in [7, 11) is 0. The van der Waals surface area contributed by atoms with Crippen molar-refractivity contribution >= 4 is 0 Å². The minimum absolute atomic E-state index is 0.399. The molecule has 1 aliphatic rings. The molecule has 0 unspecified atom stereocenters. The van der Waals surface area contributed by atoms with E-state index in [0.717, 1.165) is 50.9 Å². The Morgan fingerprint density at radius 2 is 1.67 bits per heavy atom. The molecule has 0 spiro atoms. The fraction of sp³-hybridized carbons (Fsp3) is 0.348. The van der Waals surface area contributed by atoms with Gasteiger partial charge in [0.25, 0.3) is 0 Å². The normalized spacial score (nSPS) is 15.9. The first-order chi connectivity index (χ1) is 13.3. The molecule has 140 valence electrons. The van der Waals surface area contributed by atoms with E-state index in [1.807, 2.05) is 24.4 Å². The van der Waals surface area contributed by atoms with E-state index in [2.05, 4.69) is 45.4 Å². The van der Waals surface area contributed by atoms with Crippen LogP contribution in [0.15, 0.2) is 60.8 Å². The Labute approximate surface area is 160 Å². The van der Waals surface area contributed by atoms with Gasteiger partial charge in [-0.05, 0) is 56.0 Å². The molecule has 1 saturated heterocycles. The zero-order chi connectivity index (χ0) is 18.5. The van der Waals surface area contributed by atoms with Gasteiger partial charge in [0.2, 0.25) is 0 Å². The van der Waals surface area contributed by atoms with E-state index in [1.165, 1.54) is 16.8 Å². The number of para-hydroxylation sites is 1. The van der Waals surface area contributed by atoms with Gasteiger partial charge in [-0.1, -0.05) is 48.5 Å². The first-order valence-electron chi connectivity index (χ1n) is 9.85. The van der Waals surface area contributed by atoms with Crippen molar-refractivity contribution in [1.29, 1.82) is 0 Å². The Balaban J connectivity index is 1.33. The number of phenols is 1. The van der Waals surface area contributed by atoms with Crippen molar-refractivity contribution in [1.82, 2.24) is 15.1 Å². The minimum atomic E-state index is 0.399. The van der Waals surface area contributed by atoms with E-state index >= 15 is 0 Å². The van der Waals surface area contributed by atoms with E-state index in [4.69, 9.17) is 0 Å². The third-order valence-corrected chi connectivity index (χ3v) is 5.66. The van der Waals surface area contributed by atoms with Gasteiger partial charge >= 0.3 is 0 Å². The number of phenolic OH excluding ortho intramolecular Hbond substituents is 1. The summed E-state index contributed by atoms with van der Waals surface area (Å²) in [4.78, 5) is 2.44. The number of piperidine rings is 1. The molecule has 0 aliphatic carbocycles. The molecule has 0 amide bonds. The third-order valence-electron chi connectivity index (χ3n) is 5.66. The summed E-state index contributed by atoms with van der Waals surface area (Å²) in [5.41, 5.74) is 5.08. The van der Waals surface area contributed by atoms with E-state index in [9.17, 15) is 5.11 Å². The number of nitrogens with zero attached hydrogens (tertiary/aromatic N) is 2. The number of aromatic amines is 1. The van der Waals surface area contributed by atoms with Gasteiger partial charge in [-0.3, -0.25) is 10.00 Å². The van der Waals surface area contributed by atoms with Crippen molar-refractivity contribution < 1.29 is 5.11 Å². The summed E-state index contributed by atoms with van der Waals surface area (Å²) in [6.45, 7) is 2.93. The number of rotatable bonds is 6. The number of aromatic hydroxyl groups is 1. The second-order valence-electron chi connectivity index (χ2n) is 7.47. The number of aromatic nitrogens is 2. The predicted molar refractivity (Wildman–Crippen MR) is 108 cm³/mol. The average molecular weight is 361 g/mol. The second kappa shape index (κ2) is 8.40. The summed E-state index contributed by atoms with van der Waals surface area (Å²) in [6.07, 6.45) is 6.36. The smallest absolute Gasteiger partial charge is 0.120 e. The average Bonchev–Trinajstić information content (AvgIpc) is 3.18. The maximum absolute atomic E-state index is 9.99. The molecule has 4 rings (SSSR count). The van der Waals surface area contributed by atoms with Crippen LogP contribution in [0.25, 0.3) is 0 Å². The van der Waals surface area contributed by atoms with E-state index in [-0.39, 0.29) is 0 Å². The minimum Gasteiger partial charge on any atom is -0.508 e. The summed E-state index contributed by atoms with van der Waals surface area (Å²) < 4.78 is 0. The van der Waals surface area contributed by atoms with Crippen LogP contribution >= 0.6 is 0 Å². The number of likely N-dealkylation sites (tertiary alicyclic amines) is 1. The molecule has 4 heteroatoms. The van der Waals surface area contributed by atoms with Gasteiger partial charge in [-0.2, -0.15) is 5.10 Å². The molecular formula is C23H27N3O. The van der Waals surface area contributed by atoms with Crippen molar-refractivity contribution in [2.45, 2.75) is 38.1 Å². The Morgan fingerprint density at radius 3 is 2.44 bits per heavy atom. The Bertz CT molecular complexity index is 851. The lowest BCUT2D eigenvalue weighted by molar-refractivity contribution is 0.201. The number of hydrogen-bond donors (Lipinski definition) is 2. The van der Waals surface area contributed by atoms with Crippen molar-refractivity contribution in [2.24, 2.45) is 0 Å². The molecule has 2 heterocycles. The molecule has 0 bridgehead atoms. The maximum Gasteiger partial charge on any atom is 0.120 e. The molecule has 0 radical (unpaired) electrons. The van der Waals surface area contributed by atoms with Crippen LogP contribution in [0.1, 0.15) is 41.1 Å². The number of hydrogen-bond acceptors (Lipinski definition) is 3. The lowest BCUT2D eigenvalue weighted by Gasteiger charge is -2.32. The largest absolute Gasteiger partial charge is 0.508 e. The molecule has 1 aliphatic heterocycles. The molecule has 2 aromatic carbocycles. The highest BCUT2D eigenvalue weighted by Crippen LogP contribution is 2.30. The molecule has 2 N–H and O–H groups in total. The zero-order valence-electron chi connectivity index (χ0n) is 15.6. The SMILES string of the molecule is Oc1ccccc1CN1CCC(c2[nH]ncc2CCc2ccccc2)CC1. The van der Waals surface area contributed by atoms with Crippen LogP contribution < -0.4 is 0 Å². The van der Waals surface area contributed by atoms with Crippen LogP contribution in [0, 0.1) is 0 Å². The quantitative estimate of drug-likeness (QED) is 0.689. The van der Waals surface area contributed by atoms with E-state index in [0.29, 0.717) is 11.7 Å². The fourth-order valence-electron chi connectivity index (χ4n) is 4.06. The maximum atomic E-state index is 9.99. The Kier molecular flexibility index (Phi) is 5.54. The summed E-state index contributed by atoms with van der Waals surface area (Å²) in [6, 6.07) is 18.3. The van der Waals surface area contributed by atoms with E-state index < -0.39 is 0 Å². The van der Waals surface area contributed by atoms with Gasteiger partial charge in [-0.25, -0.2) is 0 Å². The van der Waals surface area contributed by atoms with E-state index in [1.54, 1.807) is 6.07 Å². The highest BCUT2D eigenvalue weighted by Gasteiger charge is 2.24. The molecule has 0 saturated carbocycles. The first kappa shape index (κ1) is 17.8. The van der Waals surface area contributed by atoms with Crippen LogP contribution in [0.2, 0.25) is 0 Å². The molecule has 0 atom stereocenters. The van der Waals surface area contributed by atoms with Gasteiger partial charge in [0.05, 0.1) is 6.20 Å². The number of nitrogens with one attached hydrogen (secondary N) is 1. The number of aryl methyl sites for hydroxylation is 2. The molecule has 1 fully saturated rings. The van der Waals surface area contributed by atoms with Gasteiger partial charge in [-0.15, -0.1) is 0 Å². The molecule has 3 aromatic rings. The molecule has 1 aromatic heterocycles. The second-order valence-corrected chi connectivity index (χ2v) is 7.47. The predicted octanol–water partition coefficient (Wildman–Crippen LogP) is 4.28. The number of benzene rings is 2. The first-order valence-corrected chi connectivity index (χ1v) is 9.85.